The number of amides is 2. The number of carbonyl (C=O) groups is 3. The maximum Gasteiger partial charge on any atom is 0.435 e. The Bertz CT molecular complexity index is 2340. The monoisotopic (exact) mass is 779 g/mol. The molecule has 7 rings (SSSR count). The highest BCUT2D eigenvalue weighted by molar-refractivity contribution is 7.91. The second-order valence-electron chi connectivity index (χ2n) is 15.8. The summed E-state index contributed by atoms with van der Waals surface area (Å²) in [5.41, 5.74) is -0.502. The van der Waals surface area contributed by atoms with E-state index in [1.165, 1.54) is 7.11 Å². The molecule has 2 atom stereocenters. The van der Waals surface area contributed by atoms with E-state index in [0.29, 0.717) is 46.0 Å². The first-order valence-electron chi connectivity index (χ1n) is 17.5. The van der Waals surface area contributed by atoms with Gasteiger partial charge in [0.15, 0.2) is 27.3 Å². The summed E-state index contributed by atoms with van der Waals surface area (Å²) in [5, 5.41) is 8.50. The molecule has 1 saturated carbocycles. The number of rotatable bonds is 5. The number of hydrogen-bond donors (Lipinski definition) is 1. The van der Waals surface area contributed by atoms with Crippen molar-refractivity contribution < 1.29 is 37.0 Å². The zero-order chi connectivity index (χ0) is 39.1. The first-order chi connectivity index (χ1) is 25.2. The van der Waals surface area contributed by atoms with Gasteiger partial charge in [0.05, 0.1) is 35.2 Å². The van der Waals surface area contributed by atoms with Crippen LogP contribution in [0.4, 0.5) is 32.7 Å². The number of methoxy groups -OCH3 is 1. The number of halogens is 1. The lowest BCUT2D eigenvalue weighted by atomic mass is 9.91. The second kappa shape index (κ2) is 12.8. The zero-order valence-electron chi connectivity index (χ0n) is 31.3. The third-order valence-electron chi connectivity index (χ3n) is 9.55. The SMILES string of the molecule is COc1ccc2c(c1)[C@]1(C[C@H]1c1ccc3c(Nc4nc(C)nc(N5CCS(=O)(=O)CC5)c4Cl)nn(C(=O)OC(C)(C)C)c3c1)C(=O)N2C(=O)OC(C)(C)C. The Morgan fingerprint density at radius 2 is 1.61 bits per heavy atom. The molecule has 1 aliphatic carbocycles. The number of aromatic nitrogens is 4. The lowest BCUT2D eigenvalue weighted by Gasteiger charge is -2.28. The Labute approximate surface area is 317 Å². The predicted octanol–water partition coefficient (Wildman–Crippen LogP) is 6.27. The van der Waals surface area contributed by atoms with E-state index in [1.807, 2.05) is 6.07 Å². The molecule has 0 unspecified atom stereocenters. The van der Waals surface area contributed by atoms with Gasteiger partial charge in [-0.15, -0.1) is 5.10 Å². The van der Waals surface area contributed by atoms with Crippen molar-refractivity contribution in [3.8, 4) is 5.75 Å². The van der Waals surface area contributed by atoms with Gasteiger partial charge in [-0.3, -0.25) is 4.79 Å². The topological polar surface area (TPSA) is 175 Å². The number of nitrogens with one attached hydrogen (secondary N) is 1. The average Bonchev–Trinajstić information content (AvgIpc) is 3.66. The molecule has 4 heterocycles. The number of fused-ring (bicyclic) bond motifs is 3. The van der Waals surface area contributed by atoms with Crippen molar-refractivity contribution in [2.45, 2.75) is 77.4 Å². The Hall–Kier alpha value is -4.96. The van der Waals surface area contributed by atoms with E-state index in [4.69, 9.17) is 25.8 Å². The third-order valence-corrected chi connectivity index (χ3v) is 11.5. The fraction of sp³-hybridized carbons (Fsp3) is 0.459. The van der Waals surface area contributed by atoms with E-state index in [-0.39, 0.29) is 47.2 Å². The fourth-order valence-corrected chi connectivity index (χ4v) is 8.52. The van der Waals surface area contributed by atoms with Gasteiger partial charge in [0.2, 0.25) is 5.91 Å². The number of ether oxygens (including phenoxy) is 3. The highest BCUT2D eigenvalue weighted by Gasteiger charge is 2.68. The molecule has 1 spiro atoms. The van der Waals surface area contributed by atoms with Crippen molar-refractivity contribution in [1.29, 1.82) is 0 Å². The molecular weight excluding hydrogens is 738 g/mol. The molecule has 0 bridgehead atoms. The first-order valence-corrected chi connectivity index (χ1v) is 19.7. The van der Waals surface area contributed by atoms with Gasteiger partial charge in [-0.05, 0) is 96.3 Å². The molecule has 2 fully saturated rings. The number of hydrogen-bond acceptors (Lipinski definition) is 13. The molecule has 2 aliphatic heterocycles. The number of imide groups is 1. The van der Waals surface area contributed by atoms with Crippen LogP contribution in [0, 0.1) is 6.92 Å². The van der Waals surface area contributed by atoms with Crippen LogP contribution in [0.5, 0.6) is 5.75 Å². The summed E-state index contributed by atoms with van der Waals surface area (Å²) >= 11 is 6.85. The van der Waals surface area contributed by atoms with Crippen molar-refractivity contribution in [3.63, 3.8) is 0 Å². The molecule has 15 nitrogen and oxygen atoms in total. The Morgan fingerprint density at radius 3 is 2.26 bits per heavy atom. The molecule has 17 heteroatoms. The molecule has 3 aliphatic rings. The number of aryl methyl sites for hydroxylation is 1. The summed E-state index contributed by atoms with van der Waals surface area (Å²) in [6, 6.07) is 10.6. The quantitative estimate of drug-likeness (QED) is 0.240. The van der Waals surface area contributed by atoms with Crippen molar-refractivity contribution in [2.75, 3.05) is 46.8 Å². The van der Waals surface area contributed by atoms with Crippen LogP contribution in [0.1, 0.15) is 70.8 Å². The van der Waals surface area contributed by atoms with E-state index in [0.717, 1.165) is 15.1 Å². The van der Waals surface area contributed by atoms with Crippen LogP contribution in [-0.2, 0) is 29.5 Å². The van der Waals surface area contributed by atoms with Crippen molar-refractivity contribution in [2.24, 2.45) is 0 Å². The van der Waals surface area contributed by atoms with Gasteiger partial charge >= 0.3 is 12.2 Å². The van der Waals surface area contributed by atoms with Crippen LogP contribution in [0.2, 0.25) is 5.02 Å². The van der Waals surface area contributed by atoms with Gasteiger partial charge in [0.25, 0.3) is 0 Å². The second-order valence-corrected chi connectivity index (χ2v) is 18.5. The molecule has 4 aromatic rings. The Balaban J connectivity index is 1.28. The number of nitrogens with zero attached hydrogens (tertiary/aromatic N) is 6. The molecule has 1 saturated heterocycles. The largest absolute Gasteiger partial charge is 0.497 e. The molecular formula is C37H42ClN7O8S. The van der Waals surface area contributed by atoms with Crippen LogP contribution >= 0.6 is 11.6 Å². The smallest absolute Gasteiger partial charge is 0.435 e. The first kappa shape index (κ1) is 37.4. The molecule has 2 aromatic heterocycles. The lowest BCUT2D eigenvalue weighted by molar-refractivity contribution is -0.120. The van der Waals surface area contributed by atoms with E-state index in [2.05, 4.69) is 20.4 Å². The van der Waals surface area contributed by atoms with Gasteiger partial charge < -0.3 is 24.4 Å². The fourth-order valence-electron chi connectivity index (χ4n) is 7.06. The minimum atomic E-state index is -3.14. The zero-order valence-corrected chi connectivity index (χ0v) is 32.9. The summed E-state index contributed by atoms with van der Waals surface area (Å²) in [6.07, 6.45) is -1.09. The normalized spacial score (nSPS) is 20.6. The van der Waals surface area contributed by atoms with Gasteiger partial charge in [0, 0.05) is 24.4 Å². The lowest BCUT2D eigenvalue weighted by Crippen LogP contribution is -2.41. The summed E-state index contributed by atoms with van der Waals surface area (Å²) in [6.45, 7) is 12.6. The number of benzene rings is 2. The van der Waals surface area contributed by atoms with Gasteiger partial charge in [-0.2, -0.15) is 4.68 Å². The Morgan fingerprint density at radius 1 is 0.944 bits per heavy atom. The van der Waals surface area contributed by atoms with Crippen molar-refractivity contribution in [3.05, 3.63) is 58.4 Å². The minimum absolute atomic E-state index is 0.0194. The summed E-state index contributed by atoms with van der Waals surface area (Å²) in [4.78, 5) is 53.3. The predicted molar refractivity (Wildman–Crippen MR) is 203 cm³/mol. The molecule has 0 radical (unpaired) electrons. The van der Waals surface area contributed by atoms with E-state index < -0.39 is 44.5 Å². The summed E-state index contributed by atoms with van der Waals surface area (Å²) in [7, 11) is -1.61. The standard InChI is InChI=1S/C37H42ClN7O8S/c1-20-39-30(28(38)31(40-20)43-13-15-54(49,50)16-14-43)41-29-23-11-9-21(17-27(23)45(42-29)34(48)53-36(5,6)7)25-19-37(25)24-18-22(51-8)10-12-26(24)44(32(37)46)33(47)52-35(2,3)4/h9-12,17-18,25H,13-16,19H2,1-8H3,(H,39,40,41,42)/t25-,37-/m0/s1. The number of sulfone groups is 1. The number of anilines is 4. The van der Waals surface area contributed by atoms with Crippen LogP contribution in [0.25, 0.3) is 10.9 Å². The van der Waals surface area contributed by atoms with Gasteiger partial charge in [-0.1, -0.05) is 17.7 Å². The Kier molecular flexibility index (Phi) is 8.87. The third kappa shape index (κ3) is 6.69. The molecule has 286 valence electrons. The van der Waals surface area contributed by atoms with Crippen molar-refractivity contribution in [1.82, 2.24) is 19.7 Å². The molecule has 1 N–H and O–H groups in total. The maximum absolute atomic E-state index is 14.3. The average molecular weight is 780 g/mol. The van der Waals surface area contributed by atoms with E-state index >= 15 is 0 Å². The number of carbonyl (C=O) groups excluding carboxylic acids is 3. The summed E-state index contributed by atoms with van der Waals surface area (Å²) < 4.78 is 42.2. The van der Waals surface area contributed by atoms with E-state index in [9.17, 15) is 22.8 Å². The highest BCUT2D eigenvalue weighted by Crippen LogP contribution is 2.67. The van der Waals surface area contributed by atoms with Crippen LogP contribution in [0.3, 0.4) is 0 Å². The van der Waals surface area contributed by atoms with Crippen molar-refractivity contribution >= 4 is 73.6 Å². The van der Waals surface area contributed by atoms with Crippen LogP contribution < -0.4 is 19.9 Å². The minimum Gasteiger partial charge on any atom is -0.497 e. The van der Waals surface area contributed by atoms with Crippen LogP contribution in [0.15, 0.2) is 36.4 Å². The molecule has 2 aromatic carbocycles. The molecule has 2 amide bonds. The van der Waals surface area contributed by atoms with E-state index in [1.54, 1.807) is 83.7 Å². The highest BCUT2D eigenvalue weighted by atomic mass is 35.5. The van der Waals surface area contributed by atoms with Crippen LogP contribution in [-0.4, -0.2) is 89.2 Å². The molecule has 54 heavy (non-hydrogen) atoms. The maximum atomic E-state index is 14.3. The van der Waals surface area contributed by atoms with Gasteiger partial charge in [0.1, 0.15) is 27.8 Å². The summed E-state index contributed by atoms with van der Waals surface area (Å²) in [5.74, 6) is 0.992. The van der Waals surface area contributed by atoms with Gasteiger partial charge in [-0.25, -0.2) is 32.9 Å².